The van der Waals surface area contributed by atoms with Crippen LogP contribution in [0.25, 0.3) is 0 Å². The summed E-state index contributed by atoms with van der Waals surface area (Å²) >= 11 is 11.6. The Hall–Kier alpha value is -0.930. The van der Waals surface area contributed by atoms with Gasteiger partial charge in [0.1, 0.15) is 0 Å². The SMILES string of the molecule is O=C(Nc1cc(Cl)c(O)c(Cl)c1)C1CC2CC2C1. The third-order valence-electron chi connectivity index (χ3n) is 3.90. The largest absolute Gasteiger partial charge is 0.505 e. The predicted octanol–water partition coefficient (Wildman–Crippen LogP) is 3.68. The topological polar surface area (TPSA) is 49.3 Å². The van der Waals surface area contributed by atoms with E-state index in [1.807, 2.05) is 0 Å². The number of hydrogen-bond donors (Lipinski definition) is 2. The van der Waals surface area contributed by atoms with Crippen molar-refractivity contribution in [1.82, 2.24) is 0 Å². The Labute approximate surface area is 115 Å². The van der Waals surface area contributed by atoms with E-state index in [9.17, 15) is 9.90 Å². The number of benzene rings is 1. The third-order valence-corrected chi connectivity index (χ3v) is 4.48. The van der Waals surface area contributed by atoms with Crippen LogP contribution in [-0.2, 0) is 4.79 Å². The maximum Gasteiger partial charge on any atom is 0.227 e. The van der Waals surface area contributed by atoms with E-state index in [2.05, 4.69) is 5.32 Å². The third kappa shape index (κ3) is 2.17. The lowest BCUT2D eigenvalue weighted by Crippen LogP contribution is -2.21. The first-order valence-corrected chi connectivity index (χ1v) is 6.79. The minimum absolute atomic E-state index is 0.0278. The fourth-order valence-electron chi connectivity index (χ4n) is 2.81. The van der Waals surface area contributed by atoms with Crippen LogP contribution in [-0.4, -0.2) is 11.0 Å². The molecule has 96 valence electrons. The second-order valence-electron chi connectivity index (χ2n) is 5.20. The Balaban J connectivity index is 1.70. The molecular formula is C13H13Cl2NO2. The molecule has 2 N–H and O–H groups in total. The fourth-order valence-corrected chi connectivity index (χ4v) is 3.30. The molecule has 0 aliphatic heterocycles. The average molecular weight is 286 g/mol. The van der Waals surface area contributed by atoms with Crippen LogP contribution in [0.5, 0.6) is 5.75 Å². The van der Waals surface area contributed by atoms with Crippen LogP contribution in [0.15, 0.2) is 12.1 Å². The highest BCUT2D eigenvalue weighted by atomic mass is 35.5. The number of carbonyl (C=O) groups is 1. The summed E-state index contributed by atoms with van der Waals surface area (Å²) in [6, 6.07) is 3.02. The lowest BCUT2D eigenvalue weighted by Gasteiger charge is -2.13. The number of halogens is 2. The molecule has 1 aromatic rings. The van der Waals surface area contributed by atoms with Crippen LogP contribution in [0.4, 0.5) is 5.69 Å². The standard InChI is InChI=1S/C13H13Cl2NO2/c14-10-4-9(5-11(15)12(10)17)16-13(18)8-2-6-1-7(6)3-8/h4-8,17H,1-3H2,(H,16,18). The zero-order chi connectivity index (χ0) is 12.9. The average Bonchev–Trinajstić information content (AvgIpc) is 2.93. The maximum absolute atomic E-state index is 12.0. The molecule has 3 nitrogen and oxygen atoms in total. The van der Waals surface area contributed by atoms with Gasteiger partial charge in [-0.05, 0) is 43.2 Å². The summed E-state index contributed by atoms with van der Waals surface area (Å²) in [4.78, 5) is 12.0. The fraction of sp³-hybridized carbons (Fsp3) is 0.462. The van der Waals surface area contributed by atoms with Crippen LogP contribution >= 0.6 is 23.2 Å². The Kier molecular flexibility index (Phi) is 2.91. The van der Waals surface area contributed by atoms with Crippen molar-refractivity contribution >= 4 is 34.8 Å². The van der Waals surface area contributed by atoms with Crippen molar-refractivity contribution in [2.45, 2.75) is 19.3 Å². The van der Waals surface area contributed by atoms with E-state index in [1.54, 1.807) is 0 Å². The lowest BCUT2D eigenvalue weighted by atomic mass is 10.0. The number of nitrogens with one attached hydrogen (secondary N) is 1. The van der Waals surface area contributed by atoms with Crippen LogP contribution in [0.1, 0.15) is 19.3 Å². The van der Waals surface area contributed by atoms with Gasteiger partial charge < -0.3 is 10.4 Å². The Morgan fingerprint density at radius 1 is 1.17 bits per heavy atom. The maximum atomic E-state index is 12.0. The quantitative estimate of drug-likeness (QED) is 0.815. The van der Waals surface area contributed by atoms with E-state index in [-0.39, 0.29) is 27.6 Å². The van der Waals surface area contributed by atoms with Crippen molar-refractivity contribution in [3.05, 3.63) is 22.2 Å². The minimum atomic E-state index is -0.154. The highest BCUT2D eigenvalue weighted by Crippen LogP contribution is 2.54. The van der Waals surface area contributed by atoms with Crippen LogP contribution in [0.3, 0.4) is 0 Å². The van der Waals surface area contributed by atoms with Crippen LogP contribution in [0, 0.1) is 17.8 Å². The normalized spacial score (nSPS) is 28.9. The molecule has 2 aliphatic rings. The van der Waals surface area contributed by atoms with Crippen molar-refractivity contribution in [3.8, 4) is 5.75 Å². The van der Waals surface area contributed by atoms with E-state index in [1.165, 1.54) is 18.6 Å². The van der Waals surface area contributed by atoms with Gasteiger partial charge in [0.25, 0.3) is 0 Å². The molecule has 0 spiro atoms. The Morgan fingerprint density at radius 3 is 2.28 bits per heavy atom. The van der Waals surface area contributed by atoms with Crippen molar-refractivity contribution in [3.63, 3.8) is 0 Å². The molecule has 3 rings (SSSR count). The second kappa shape index (κ2) is 4.32. The monoisotopic (exact) mass is 285 g/mol. The number of carbonyl (C=O) groups excluding carboxylic acids is 1. The molecule has 0 heterocycles. The second-order valence-corrected chi connectivity index (χ2v) is 6.02. The summed E-state index contributed by atoms with van der Waals surface area (Å²) in [5.74, 6) is 1.53. The molecule has 1 aromatic carbocycles. The first-order chi connectivity index (χ1) is 8.54. The van der Waals surface area contributed by atoms with Gasteiger partial charge in [-0.3, -0.25) is 4.79 Å². The first-order valence-electron chi connectivity index (χ1n) is 6.03. The number of rotatable bonds is 2. The minimum Gasteiger partial charge on any atom is -0.505 e. The predicted molar refractivity (Wildman–Crippen MR) is 71.1 cm³/mol. The van der Waals surface area contributed by atoms with E-state index >= 15 is 0 Å². The molecule has 0 bridgehead atoms. The van der Waals surface area contributed by atoms with Gasteiger partial charge in [-0.1, -0.05) is 23.2 Å². The van der Waals surface area contributed by atoms with Crippen molar-refractivity contribution in [1.29, 1.82) is 0 Å². The molecule has 2 aliphatic carbocycles. The van der Waals surface area contributed by atoms with Gasteiger partial charge in [-0.15, -0.1) is 0 Å². The summed E-state index contributed by atoms with van der Waals surface area (Å²) in [7, 11) is 0. The smallest absolute Gasteiger partial charge is 0.227 e. The summed E-state index contributed by atoms with van der Waals surface area (Å²) < 4.78 is 0. The summed E-state index contributed by atoms with van der Waals surface area (Å²) in [6.45, 7) is 0. The van der Waals surface area contributed by atoms with Gasteiger partial charge in [-0.2, -0.15) is 0 Å². The highest BCUT2D eigenvalue weighted by Gasteiger charge is 2.47. The molecule has 0 aromatic heterocycles. The number of aromatic hydroxyl groups is 1. The Bertz CT molecular complexity index is 485. The molecule has 2 fully saturated rings. The number of amides is 1. The van der Waals surface area contributed by atoms with Crippen molar-refractivity contribution in [2.75, 3.05) is 5.32 Å². The highest BCUT2D eigenvalue weighted by molar-refractivity contribution is 6.37. The van der Waals surface area contributed by atoms with Gasteiger partial charge in [0.2, 0.25) is 5.91 Å². The number of fused-ring (bicyclic) bond motifs is 1. The molecular weight excluding hydrogens is 273 g/mol. The molecule has 2 unspecified atom stereocenters. The molecule has 1 amide bonds. The van der Waals surface area contributed by atoms with Gasteiger partial charge in [-0.25, -0.2) is 0 Å². The van der Waals surface area contributed by atoms with Crippen LogP contribution < -0.4 is 5.32 Å². The molecule has 2 atom stereocenters. The van der Waals surface area contributed by atoms with E-state index in [4.69, 9.17) is 23.2 Å². The van der Waals surface area contributed by atoms with Crippen molar-refractivity contribution < 1.29 is 9.90 Å². The number of anilines is 1. The van der Waals surface area contributed by atoms with E-state index < -0.39 is 0 Å². The van der Waals surface area contributed by atoms with E-state index in [0.717, 1.165) is 24.7 Å². The molecule has 5 heteroatoms. The van der Waals surface area contributed by atoms with Crippen molar-refractivity contribution in [2.24, 2.45) is 17.8 Å². The van der Waals surface area contributed by atoms with Gasteiger partial charge in [0, 0.05) is 11.6 Å². The van der Waals surface area contributed by atoms with Gasteiger partial charge >= 0.3 is 0 Å². The summed E-state index contributed by atoms with van der Waals surface area (Å²) in [5, 5.41) is 12.5. The number of phenolic OH excluding ortho intramolecular Hbond substituents is 1. The molecule has 0 saturated heterocycles. The molecule has 0 radical (unpaired) electrons. The van der Waals surface area contributed by atoms with Crippen LogP contribution in [0.2, 0.25) is 10.0 Å². The number of hydrogen-bond acceptors (Lipinski definition) is 2. The first kappa shape index (κ1) is 12.1. The van der Waals surface area contributed by atoms with E-state index in [0.29, 0.717) is 5.69 Å². The zero-order valence-corrected chi connectivity index (χ0v) is 11.1. The lowest BCUT2D eigenvalue weighted by molar-refractivity contribution is -0.120. The summed E-state index contributed by atoms with van der Waals surface area (Å²) in [6.07, 6.45) is 3.28. The molecule has 2 saturated carbocycles. The Morgan fingerprint density at radius 2 is 1.72 bits per heavy atom. The molecule has 18 heavy (non-hydrogen) atoms. The summed E-state index contributed by atoms with van der Waals surface area (Å²) in [5.41, 5.74) is 0.536. The van der Waals surface area contributed by atoms with Gasteiger partial charge in [0.15, 0.2) is 5.75 Å². The zero-order valence-electron chi connectivity index (χ0n) is 9.62. The van der Waals surface area contributed by atoms with Gasteiger partial charge in [0.05, 0.1) is 10.0 Å². The number of phenols is 1.